The Morgan fingerprint density at radius 2 is 1.58 bits per heavy atom. The number of amides is 1. The fourth-order valence-corrected chi connectivity index (χ4v) is 2.09. The monoisotopic (exact) mass is 333 g/mol. The van der Waals surface area contributed by atoms with Crippen molar-refractivity contribution in [2.45, 2.75) is 25.9 Å². The number of carbonyl (C=O) groups is 1. The molecule has 126 valence electrons. The number of nitrogens with one attached hydrogen (secondary N) is 1. The first-order chi connectivity index (χ1) is 11.3. The average molecular weight is 333 g/mol. The highest BCUT2D eigenvalue weighted by molar-refractivity contribution is 6.01. The van der Waals surface area contributed by atoms with Gasteiger partial charge in [0.1, 0.15) is 0 Å². The molecule has 2 rings (SSSR count). The number of alkyl halides is 3. The normalized spacial score (nSPS) is 11.9. The lowest BCUT2D eigenvalue weighted by atomic mass is 10.0. The maximum Gasteiger partial charge on any atom is 0.416 e. The molecule has 0 radical (unpaired) electrons. The van der Waals surface area contributed by atoms with Crippen molar-refractivity contribution in [1.82, 2.24) is 0 Å². The minimum Gasteiger partial charge on any atom is -0.323 e. The molecule has 2 aromatic carbocycles. The van der Waals surface area contributed by atoms with Crippen LogP contribution in [-0.4, -0.2) is 5.91 Å². The third kappa shape index (κ3) is 4.98. The second kappa shape index (κ2) is 7.34. The summed E-state index contributed by atoms with van der Waals surface area (Å²) in [6, 6.07) is 12.1. The summed E-state index contributed by atoms with van der Waals surface area (Å²) in [4.78, 5) is 11.9. The SMILES string of the molecule is CC(C)c1ccc(NC(=O)/C=C/c2ccc(C(F)(F)F)cc2)cc1. The summed E-state index contributed by atoms with van der Waals surface area (Å²) < 4.78 is 37.4. The van der Waals surface area contributed by atoms with Gasteiger partial charge in [-0.15, -0.1) is 0 Å². The largest absolute Gasteiger partial charge is 0.416 e. The Kier molecular flexibility index (Phi) is 5.44. The summed E-state index contributed by atoms with van der Waals surface area (Å²) in [5.74, 6) is 0.0708. The van der Waals surface area contributed by atoms with Gasteiger partial charge in [-0.25, -0.2) is 0 Å². The maximum absolute atomic E-state index is 12.5. The lowest BCUT2D eigenvalue weighted by Gasteiger charge is -2.07. The van der Waals surface area contributed by atoms with E-state index in [1.165, 1.54) is 29.8 Å². The van der Waals surface area contributed by atoms with Crippen LogP contribution >= 0.6 is 0 Å². The molecule has 0 aliphatic rings. The lowest BCUT2D eigenvalue weighted by molar-refractivity contribution is -0.137. The maximum atomic E-state index is 12.5. The van der Waals surface area contributed by atoms with Crippen molar-refractivity contribution < 1.29 is 18.0 Å². The first-order valence-electron chi connectivity index (χ1n) is 7.52. The number of benzene rings is 2. The van der Waals surface area contributed by atoms with Crippen LogP contribution in [0.25, 0.3) is 6.08 Å². The van der Waals surface area contributed by atoms with E-state index in [2.05, 4.69) is 19.2 Å². The van der Waals surface area contributed by atoms with E-state index < -0.39 is 11.7 Å². The van der Waals surface area contributed by atoms with Crippen molar-refractivity contribution in [2.24, 2.45) is 0 Å². The van der Waals surface area contributed by atoms with Crippen molar-refractivity contribution >= 4 is 17.7 Å². The molecule has 0 spiro atoms. The van der Waals surface area contributed by atoms with Crippen LogP contribution in [0.2, 0.25) is 0 Å². The molecular weight excluding hydrogens is 315 g/mol. The molecule has 0 aromatic heterocycles. The minimum atomic E-state index is -4.36. The molecular formula is C19H18F3NO. The van der Waals surface area contributed by atoms with Crippen LogP contribution in [0.1, 0.15) is 36.5 Å². The van der Waals surface area contributed by atoms with Gasteiger partial charge in [0.25, 0.3) is 0 Å². The molecule has 0 unspecified atom stereocenters. The summed E-state index contributed by atoms with van der Waals surface area (Å²) >= 11 is 0. The third-order valence-corrected chi connectivity index (χ3v) is 3.51. The van der Waals surface area contributed by atoms with Gasteiger partial charge in [-0.1, -0.05) is 38.1 Å². The molecule has 2 aromatic rings. The minimum absolute atomic E-state index is 0.341. The van der Waals surface area contributed by atoms with E-state index in [4.69, 9.17) is 0 Å². The molecule has 1 amide bonds. The van der Waals surface area contributed by atoms with Gasteiger partial charge in [0.2, 0.25) is 5.91 Å². The van der Waals surface area contributed by atoms with E-state index in [9.17, 15) is 18.0 Å². The van der Waals surface area contributed by atoms with E-state index in [0.717, 1.165) is 12.1 Å². The van der Waals surface area contributed by atoms with Crippen LogP contribution in [0.4, 0.5) is 18.9 Å². The fraction of sp³-hybridized carbons (Fsp3) is 0.211. The molecule has 1 N–H and O–H groups in total. The van der Waals surface area contributed by atoms with Crippen LogP contribution in [0.15, 0.2) is 54.6 Å². The molecule has 0 saturated heterocycles. The van der Waals surface area contributed by atoms with Gasteiger partial charge >= 0.3 is 6.18 Å². The van der Waals surface area contributed by atoms with Crippen LogP contribution in [-0.2, 0) is 11.0 Å². The van der Waals surface area contributed by atoms with Crippen molar-refractivity contribution in [3.8, 4) is 0 Å². The van der Waals surface area contributed by atoms with Gasteiger partial charge < -0.3 is 5.32 Å². The molecule has 24 heavy (non-hydrogen) atoms. The lowest BCUT2D eigenvalue weighted by Crippen LogP contribution is -2.07. The van der Waals surface area contributed by atoms with Crippen LogP contribution in [0.3, 0.4) is 0 Å². The van der Waals surface area contributed by atoms with Crippen molar-refractivity contribution in [3.05, 3.63) is 71.3 Å². The van der Waals surface area contributed by atoms with Crippen molar-refractivity contribution in [3.63, 3.8) is 0 Å². The second-order valence-electron chi connectivity index (χ2n) is 5.72. The summed E-state index contributed by atoms with van der Waals surface area (Å²) in [7, 11) is 0. The molecule has 5 heteroatoms. The summed E-state index contributed by atoms with van der Waals surface area (Å²) in [5, 5.41) is 2.71. The van der Waals surface area contributed by atoms with Crippen LogP contribution in [0, 0.1) is 0 Å². The van der Waals surface area contributed by atoms with Gasteiger partial charge in [0.15, 0.2) is 0 Å². The van der Waals surface area contributed by atoms with Crippen molar-refractivity contribution in [2.75, 3.05) is 5.32 Å². The molecule has 0 saturated carbocycles. The highest BCUT2D eigenvalue weighted by atomic mass is 19.4. The van der Waals surface area contributed by atoms with Gasteiger partial charge in [-0.05, 0) is 47.4 Å². The number of rotatable bonds is 4. The molecule has 0 aliphatic heterocycles. The predicted molar refractivity (Wildman–Crippen MR) is 89.6 cm³/mol. The number of hydrogen-bond acceptors (Lipinski definition) is 1. The van der Waals surface area contributed by atoms with E-state index in [0.29, 0.717) is 17.2 Å². The van der Waals surface area contributed by atoms with E-state index in [1.807, 2.05) is 24.3 Å². The molecule has 0 aliphatic carbocycles. The third-order valence-electron chi connectivity index (χ3n) is 3.51. The Balaban J connectivity index is 1.97. The zero-order chi connectivity index (χ0) is 17.7. The smallest absolute Gasteiger partial charge is 0.323 e. The molecule has 0 atom stereocenters. The van der Waals surface area contributed by atoms with Gasteiger partial charge in [0.05, 0.1) is 5.56 Å². The zero-order valence-electron chi connectivity index (χ0n) is 13.4. The molecule has 0 heterocycles. The summed E-state index contributed by atoms with van der Waals surface area (Å²) in [5.41, 5.74) is 1.65. The highest BCUT2D eigenvalue weighted by Crippen LogP contribution is 2.29. The molecule has 2 nitrogen and oxygen atoms in total. The fourth-order valence-electron chi connectivity index (χ4n) is 2.09. The Bertz CT molecular complexity index is 714. The topological polar surface area (TPSA) is 29.1 Å². The average Bonchev–Trinajstić information content (AvgIpc) is 2.53. The van der Waals surface area contributed by atoms with E-state index in [-0.39, 0.29) is 5.91 Å². The van der Waals surface area contributed by atoms with Crippen LogP contribution < -0.4 is 5.32 Å². The standard InChI is InChI=1S/C19H18F3NO/c1-13(2)15-6-10-17(11-7-15)23-18(24)12-5-14-3-8-16(9-4-14)19(20,21)22/h3-13H,1-2H3,(H,23,24)/b12-5+. The highest BCUT2D eigenvalue weighted by Gasteiger charge is 2.29. The first-order valence-corrected chi connectivity index (χ1v) is 7.52. The van der Waals surface area contributed by atoms with E-state index in [1.54, 1.807) is 0 Å². The van der Waals surface area contributed by atoms with E-state index >= 15 is 0 Å². The summed E-state index contributed by atoms with van der Waals surface area (Å²) in [6.45, 7) is 4.17. The number of anilines is 1. The number of hydrogen-bond donors (Lipinski definition) is 1. The second-order valence-corrected chi connectivity index (χ2v) is 5.72. The molecule has 0 fully saturated rings. The number of carbonyl (C=O) groups excluding carboxylic acids is 1. The first kappa shape index (κ1) is 17.8. The Morgan fingerprint density at radius 1 is 1.00 bits per heavy atom. The Hall–Kier alpha value is -2.56. The summed E-state index contributed by atoms with van der Waals surface area (Å²) in [6.07, 6.45) is -1.60. The predicted octanol–water partition coefficient (Wildman–Crippen LogP) is 5.48. The molecule has 0 bridgehead atoms. The van der Waals surface area contributed by atoms with Gasteiger partial charge in [0, 0.05) is 11.8 Å². The van der Waals surface area contributed by atoms with Gasteiger partial charge in [-0.2, -0.15) is 13.2 Å². The zero-order valence-corrected chi connectivity index (χ0v) is 13.4. The van der Waals surface area contributed by atoms with Gasteiger partial charge in [-0.3, -0.25) is 4.79 Å². The number of halogens is 3. The Labute approximate surface area is 139 Å². The van der Waals surface area contributed by atoms with Crippen LogP contribution in [0.5, 0.6) is 0 Å². The Morgan fingerprint density at radius 3 is 2.08 bits per heavy atom. The quantitative estimate of drug-likeness (QED) is 0.738. The van der Waals surface area contributed by atoms with Crippen molar-refractivity contribution in [1.29, 1.82) is 0 Å².